The molecule has 1 unspecified atom stereocenters. The van der Waals surface area contributed by atoms with Crippen LogP contribution in [0.25, 0.3) is 10.6 Å². The highest BCUT2D eigenvalue weighted by Crippen LogP contribution is 2.42. The van der Waals surface area contributed by atoms with Crippen molar-refractivity contribution in [2.24, 2.45) is 0 Å². The molecule has 7 heteroatoms. The Morgan fingerprint density at radius 2 is 2.31 bits per heavy atom. The molecular weight excluding hydrogens is 364 g/mol. The zero-order valence-electron chi connectivity index (χ0n) is 14.7. The first-order chi connectivity index (χ1) is 12.6. The second-order valence-electron chi connectivity index (χ2n) is 6.58. The number of aromatic nitrogens is 2. The first-order valence-corrected chi connectivity index (χ1v) is 10.4. The van der Waals surface area contributed by atoms with Crippen LogP contribution < -0.4 is 10.2 Å². The highest BCUT2D eigenvalue weighted by Gasteiger charge is 2.38. The number of thiophene rings is 1. The third-order valence-corrected chi connectivity index (χ3v) is 6.29. The fourth-order valence-electron chi connectivity index (χ4n) is 3.23. The maximum Gasteiger partial charge on any atom is 0.243 e. The van der Waals surface area contributed by atoms with E-state index in [9.17, 15) is 4.79 Å². The Morgan fingerprint density at radius 1 is 1.42 bits per heavy atom. The van der Waals surface area contributed by atoms with E-state index in [0.29, 0.717) is 13.0 Å². The minimum atomic E-state index is -0.197. The number of rotatable bonds is 5. The Kier molecular flexibility index (Phi) is 4.74. The number of carbonyl (C=O) groups excluding carboxylic acids is 1. The van der Waals surface area contributed by atoms with Crippen LogP contribution in [0.1, 0.15) is 25.1 Å². The van der Waals surface area contributed by atoms with Crippen LogP contribution in [0.15, 0.2) is 41.4 Å². The molecule has 0 bridgehead atoms. The van der Waals surface area contributed by atoms with Gasteiger partial charge in [0.05, 0.1) is 5.69 Å². The molecule has 1 atom stereocenters. The number of carbonyl (C=O) groups is 1. The third-order valence-electron chi connectivity index (χ3n) is 4.45. The molecule has 134 valence electrons. The summed E-state index contributed by atoms with van der Waals surface area (Å²) in [6.07, 6.45) is 4.17. The van der Waals surface area contributed by atoms with Gasteiger partial charge in [0.15, 0.2) is 0 Å². The first kappa shape index (κ1) is 17.2. The van der Waals surface area contributed by atoms with Gasteiger partial charge in [-0.25, -0.2) is 4.98 Å². The number of pyridine rings is 1. The van der Waals surface area contributed by atoms with Crippen molar-refractivity contribution in [1.29, 1.82) is 0 Å². The van der Waals surface area contributed by atoms with Gasteiger partial charge in [0, 0.05) is 42.3 Å². The minimum absolute atomic E-state index is 0.0461. The minimum Gasteiger partial charge on any atom is -0.350 e. The lowest BCUT2D eigenvalue weighted by Gasteiger charge is -2.29. The van der Waals surface area contributed by atoms with Crippen LogP contribution in [0.5, 0.6) is 0 Å². The van der Waals surface area contributed by atoms with E-state index in [-0.39, 0.29) is 18.0 Å². The lowest BCUT2D eigenvalue weighted by atomic mass is 10.1. The van der Waals surface area contributed by atoms with Gasteiger partial charge in [-0.1, -0.05) is 17.4 Å². The molecule has 4 heterocycles. The highest BCUT2D eigenvalue weighted by molar-refractivity contribution is 7.19. The largest absolute Gasteiger partial charge is 0.350 e. The SMILES string of the molecule is CC(C)N1c2sc(-c3ccsc3)nc2CC1C(=O)NCc1cccnc1. The van der Waals surface area contributed by atoms with Crippen molar-refractivity contribution in [3.63, 3.8) is 0 Å². The lowest BCUT2D eigenvalue weighted by molar-refractivity contribution is -0.122. The number of thiazole rings is 1. The Balaban J connectivity index is 1.51. The summed E-state index contributed by atoms with van der Waals surface area (Å²) in [6.45, 7) is 4.75. The topological polar surface area (TPSA) is 58.1 Å². The van der Waals surface area contributed by atoms with E-state index in [1.54, 1.807) is 35.1 Å². The van der Waals surface area contributed by atoms with Crippen LogP contribution in [-0.2, 0) is 17.8 Å². The summed E-state index contributed by atoms with van der Waals surface area (Å²) in [4.78, 5) is 23.9. The van der Waals surface area contributed by atoms with E-state index in [4.69, 9.17) is 4.98 Å². The fraction of sp³-hybridized carbons (Fsp3) is 0.316. The van der Waals surface area contributed by atoms with Gasteiger partial charge in [-0.15, -0.1) is 0 Å². The summed E-state index contributed by atoms with van der Waals surface area (Å²) in [5.74, 6) is 0.0461. The lowest BCUT2D eigenvalue weighted by Crippen LogP contribution is -2.48. The van der Waals surface area contributed by atoms with Crippen molar-refractivity contribution in [1.82, 2.24) is 15.3 Å². The fourth-order valence-corrected chi connectivity index (χ4v) is 5.22. The molecular formula is C19H20N4OS2. The van der Waals surface area contributed by atoms with Gasteiger partial charge in [-0.05, 0) is 36.9 Å². The zero-order valence-corrected chi connectivity index (χ0v) is 16.3. The van der Waals surface area contributed by atoms with Crippen molar-refractivity contribution < 1.29 is 4.79 Å². The summed E-state index contributed by atoms with van der Waals surface area (Å²) in [5.41, 5.74) is 3.20. The van der Waals surface area contributed by atoms with E-state index in [2.05, 4.69) is 45.9 Å². The molecule has 1 aliphatic heterocycles. The molecule has 26 heavy (non-hydrogen) atoms. The average molecular weight is 385 g/mol. The summed E-state index contributed by atoms with van der Waals surface area (Å²) >= 11 is 3.36. The van der Waals surface area contributed by atoms with Crippen LogP contribution in [0.2, 0.25) is 0 Å². The highest BCUT2D eigenvalue weighted by atomic mass is 32.1. The molecule has 0 fully saturated rings. The second-order valence-corrected chi connectivity index (χ2v) is 8.34. The predicted octanol–water partition coefficient (Wildman–Crippen LogP) is 3.72. The van der Waals surface area contributed by atoms with Gasteiger partial charge < -0.3 is 10.2 Å². The molecule has 5 nitrogen and oxygen atoms in total. The van der Waals surface area contributed by atoms with Gasteiger partial charge >= 0.3 is 0 Å². The van der Waals surface area contributed by atoms with Crippen LogP contribution in [-0.4, -0.2) is 28.0 Å². The molecule has 3 aromatic heterocycles. The quantitative estimate of drug-likeness (QED) is 0.728. The molecule has 0 aliphatic carbocycles. The number of fused-ring (bicyclic) bond motifs is 1. The molecule has 0 saturated heterocycles. The third kappa shape index (κ3) is 3.24. The van der Waals surface area contributed by atoms with Crippen molar-refractivity contribution >= 4 is 33.6 Å². The summed E-state index contributed by atoms with van der Waals surface area (Å²) in [6, 6.07) is 5.98. The van der Waals surface area contributed by atoms with Crippen LogP contribution in [0.4, 0.5) is 5.00 Å². The maximum atomic E-state index is 12.8. The predicted molar refractivity (Wildman–Crippen MR) is 107 cm³/mol. The van der Waals surface area contributed by atoms with Crippen LogP contribution in [0.3, 0.4) is 0 Å². The van der Waals surface area contributed by atoms with E-state index < -0.39 is 0 Å². The number of amides is 1. The number of nitrogens with one attached hydrogen (secondary N) is 1. The van der Waals surface area contributed by atoms with Crippen molar-refractivity contribution in [2.75, 3.05) is 4.90 Å². The number of nitrogens with zero attached hydrogens (tertiary/aromatic N) is 3. The Hall–Kier alpha value is -2.25. The molecule has 0 spiro atoms. The second kappa shape index (κ2) is 7.17. The molecule has 4 rings (SSSR count). The van der Waals surface area contributed by atoms with Crippen LogP contribution in [0, 0.1) is 0 Å². The summed E-state index contributed by atoms with van der Waals surface area (Å²) in [7, 11) is 0. The average Bonchev–Trinajstić information content (AvgIpc) is 3.34. The Morgan fingerprint density at radius 3 is 3.00 bits per heavy atom. The molecule has 0 aromatic carbocycles. The van der Waals surface area contributed by atoms with Crippen molar-refractivity contribution in [3.05, 3.63) is 52.6 Å². The Bertz CT molecular complexity index is 890. The van der Waals surface area contributed by atoms with Gasteiger partial charge in [0.25, 0.3) is 0 Å². The first-order valence-electron chi connectivity index (χ1n) is 8.60. The van der Waals surface area contributed by atoms with E-state index in [1.807, 2.05) is 12.1 Å². The standard InChI is InChI=1S/C19H20N4OS2/c1-12(2)23-16(17(24)21-10-13-4-3-6-20-9-13)8-15-19(23)26-18(22-15)14-5-7-25-11-14/h3-7,9,11-12,16H,8,10H2,1-2H3,(H,21,24). The van der Waals surface area contributed by atoms with Gasteiger partial charge in [0.2, 0.25) is 5.91 Å². The Labute approximate surface area is 160 Å². The van der Waals surface area contributed by atoms with Gasteiger partial charge in [-0.2, -0.15) is 11.3 Å². The van der Waals surface area contributed by atoms with Crippen LogP contribution >= 0.6 is 22.7 Å². The number of anilines is 1. The van der Waals surface area contributed by atoms with E-state index >= 15 is 0 Å². The number of hydrogen-bond acceptors (Lipinski definition) is 6. The van der Waals surface area contributed by atoms with Gasteiger partial charge in [-0.3, -0.25) is 9.78 Å². The van der Waals surface area contributed by atoms with Crippen molar-refractivity contribution in [2.45, 2.75) is 38.9 Å². The monoisotopic (exact) mass is 384 g/mol. The molecule has 1 N–H and O–H groups in total. The normalized spacial score (nSPS) is 16.1. The summed E-state index contributed by atoms with van der Waals surface area (Å²) < 4.78 is 0. The van der Waals surface area contributed by atoms with Crippen molar-refractivity contribution in [3.8, 4) is 10.6 Å². The molecule has 1 amide bonds. The summed E-state index contributed by atoms with van der Waals surface area (Å²) in [5, 5.41) is 9.40. The molecule has 0 saturated carbocycles. The molecule has 1 aliphatic rings. The van der Waals surface area contributed by atoms with E-state index in [0.717, 1.165) is 26.8 Å². The smallest absolute Gasteiger partial charge is 0.243 e. The molecule has 0 radical (unpaired) electrons. The zero-order chi connectivity index (χ0) is 18.1. The van der Waals surface area contributed by atoms with E-state index in [1.165, 1.54) is 0 Å². The molecule has 3 aromatic rings. The number of hydrogen-bond donors (Lipinski definition) is 1. The van der Waals surface area contributed by atoms with Gasteiger partial charge in [0.1, 0.15) is 16.1 Å². The maximum absolute atomic E-state index is 12.8.